The van der Waals surface area contributed by atoms with E-state index in [1.165, 1.54) is 5.56 Å². The van der Waals surface area contributed by atoms with Crippen LogP contribution in [0.3, 0.4) is 0 Å². The molecule has 0 radical (unpaired) electrons. The van der Waals surface area contributed by atoms with Crippen LogP contribution in [0.5, 0.6) is 5.75 Å². The normalized spacial score (nSPS) is 13.3. The third-order valence-electron chi connectivity index (χ3n) is 3.55. The molecule has 3 rings (SSSR count). The van der Waals surface area contributed by atoms with E-state index < -0.39 is 0 Å². The number of fused-ring (bicyclic) bond motifs is 1. The largest absolute Gasteiger partial charge is 0.493 e. The van der Waals surface area contributed by atoms with Crippen LogP contribution in [0, 0.1) is 0 Å². The molecule has 1 aliphatic heterocycles. The average Bonchev–Trinajstić information content (AvgIpc) is 3.00. The maximum atomic E-state index is 12.2. The minimum atomic E-state index is 0.0403. The monoisotopic (exact) mass is 336 g/mol. The Bertz CT molecular complexity index is 688. The third-order valence-corrected chi connectivity index (χ3v) is 4.01. The van der Waals surface area contributed by atoms with Crippen molar-refractivity contribution < 1.29 is 4.74 Å². The van der Waals surface area contributed by atoms with Crippen molar-refractivity contribution in [3.63, 3.8) is 0 Å². The zero-order chi connectivity index (χ0) is 14.1. The fourth-order valence-corrected chi connectivity index (χ4v) is 3.18. The molecule has 1 aromatic heterocycles. The molecule has 1 aromatic carbocycles. The minimum absolute atomic E-state index is 0.0403. The van der Waals surface area contributed by atoms with E-state index in [1.54, 1.807) is 9.13 Å². The van der Waals surface area contributed by atoms with E-state index in [4.69, 9.17) is 4.74 Å². The molecular formula is C15H17BrN2O2. The van der Waals surface area contributed by atoms with E-state index >= 15 is 0 Å². The second kappa shape index (κ2) is 5.48. The number of imidazole rings is 1. The molecule has 20 heavy (non-hydrogen) atoms. The summed E-state index contributed by atoms with van der Waals surface area (Å²) < 4.78 is 10.2. The SMILES string of the molecule is CCCn1ccn(Cc2cc(Br)cc3c2OCC3)c1=O. The van der Waals surface area contributed by atoms with E-state index in [2.05, 4.69) is 28.9 Å². The van der Waals surface area contributed by atoms with Crippen molar-refractivity contribution in [3.8, 4) is 5.75 Å². The standard InChI is InChI=1S/C15H17BrN2O2/c1-2-4-17-5-6-18(15(17)19)10-12-9-13(16)8-11-3-7-20-14(11)12/h5-6,8-9H,2-4,7,10H2,1H3. The zero-order valence-electron chi connectivity index (χ0n) is 11.4. The molecule has 0 aliphatic carbocycles. The van der Waals surface area contributed by atoms with Crippen LogP contribution in [0.25, 0.3) is 0 Å². The molecule has 0 unspecified atom stereocenters. The number of aryl methyl sites for hydroxylation is 1. The van der Waals surface area contributed by atoms with Crippen molar-refractivity contribution in [3.05, 3.63) is 50.6 Å². The predicted octanol–water partition coefficient (Wildman–Crippen LogP) is 2.81. The van der Waals surface area contributed by atoms with Gasteiger partial charge < -0.3 is 4.74 Å². The minimum Gasteiger partial charge on any atom is -0.493 e. The van der Waals surface area contributed by atoms with Gasteiger partial charge in [0.1, 0.15) is 5.75 Å². The summed E-state index contributed by atoms with van der Waals surface area (Å²) in [5, 5.41) is 0. The van der Waals surface area contributed by atoms with Crippen molar-refractivity contribution in [2.45, 2.75) is 32.9 Å². The molecule has 5 heteroatoms. The van der Waals surface area contributed by atoms with Gasteiger partial charge in [0.2, 0.25) is 0 Å². The van der Waals surface area contributed by atoms with E-state index in [0.717, 1.165) is 41.8 Å². The molecule has 0 fully saturated rings. The second-order valence-corrected chi connectivity index (χ2v) is 5.97. The number of halogens is 1. The van der Waals surface area contributed by atoms with Gasteiger partial charge in [-0.3, -0.25) is 9.13 Å². The van der Waals surface area contributed by atoms with Gasteiger partial charge in [-0.15, -0.1) is 0 Å². The first-order valence-corrected chi connectivity index (χ1v) is 7.68. The molecule has 0 saturated carbocycles. The zero-order valence-corrected chi connectivity index (χ0v) is 13.0. The van der Waals surface area contributed by atoms with Gasteiger partial charge >= 0.3 is 5.69 Å². The van der Waals surface area contributed by atoms with Crippen LogP contribution >= 0.6 is 15.9 Å². The van der Waals surface area contributed by atoms with Crippen LogP contribution in [0.15, 0.2) is 33.8 Å². The third kappa shape index (κ3) is 2.42. The summed E-state index contributed by atoms with van der Waals surface area (Å²) in [7, 11) is 0. The topological polar surface area (TPSA) is 36.2 Å². The molecule has 2 aromatic rings. The molecule has 4 nitrogen and oxygen atoms in total. The Balaban J connectivity index is 1.94. The van der Waals surface area contributed by atoms with Crippen molar-refractivity contribution in [2.75, 3.05) is 6.61 Å². The molecule has 2 heterocycles. The van der Waals surface area contributed by atoms with Crippen LogP contribution in [0.1, 0.15) is 24.5 Å². The fraction of sp³-hybridized carbons (Fsp3) is 0.400. The van der Waals surface area contributed by atoms with Crippen molar-refractivity contribution in [2.24, 2.45) is 0 Å². The van der Waals surface area contributed by atoms with Crippen LogP contribution < -0.4 is 10.4 Å². The lowest BCUT2D eigenvalue weighted by molar-refractivity contribution is 0.352. The van der Waals surface area contributed by atoms with E-state index in [-0.39, 0.29) is 5.69 Å². The molecule has 1 aliphatic rings. The average molecular weight is 337 g/mol. The summed E-state index contributed by atoms with van der Waals surface area (Å²) in [6, 6.07) is 4.13. The lowest BCUT2D eigenvalue weighted by atomic mass is 10.1. The van der Waals surface area contributed by atoms with Crippen LogP contribution in [0.4, 0.5) is 0 Å². The number of ether oxygens (including phenoxy) is 1. The lowest BCUT2D eigenvalue weighted by Crippen LogP contribution is -2.24. The Hall–Kier alpha value is -1.49. The summed E-state index contributed by atoms with van der Waals surface area (Å²) in [5.74, 6) is 0.948. The summed E-state index contributed by atoms with van der Waals surface area (Å²) >= 11 is 3.53. The van der Waals surface area contributed by atoms with Gasteiger partial charge in [-0.25, -0.2) is 4.79 Å². The maximum Gasteiger partial charge on any atom is 0.328 e. The van der Waals surface area contributed by atoms with Gasteiger partial charge in [-0.1, -0.05) is 22.9 Å². The highest BCUT2D eigenvalue weighted by molar-refractivity contribution is 9.10. The van der Waals surface area contributed by atoms with Gasteiger partial charge in [-0.05, 0) is 24.1 Å². The van der Waals surface area contributed by atoms with Gasteiger partial charge in [0.05, 0.1) is 13.2 Å². The Morgan fingerprint density at radius 2 is 2.10 bits per heavy atom. The van der Waals surface area contributed by atoms with Gasteiger partial charge in [0, 0.05) is 35.4 Å². The van der Waals surface area contributed by atoms with Crippen molar-refractivity contribution >= 4 is 15.9 Å². The highest BCUT2D eigenvalue weighted by Crippen LogP contribution is 2.33. The quantitative estimate of drug-likeness (QED) is 0.860. The number of benzene rings is 1. The second-order valence-electron chi connectivity index (χ2n) is 5.05. The Morgan fingerprint density at radius 1 is 1.30 bits per heavy atom. The van der Waals surface area contributed by atoms with Crippen molar-refractivity contribution in [1.82, 2.24) is 9.13 Å². The van der Waals surface area contributed by atoms with E-state index in [0.29, 0.717) is 6.54 Å². The summed E-state index contributed by atoms with van der Waals surface area (Å²) in [5.41, 5.74) is 2.32. The number of hydrogen-bond acceptors (Lipinski definition) is 2. The molecule has 106 valence electrons. The van der Waals surface area contributed by atoms with Gasteiger partial charge in [0.25, 0.3) is 0 Å². The molecular weight excluding hydrogens is 320 g/mol. The Morgan fingerprint density at radius 3 is 2.90 bits per heavy atom. The van der Waals surface area contributed by atoms with Gasteiger partial charge in [0.15, 0.2) is 0 Å². The smallest absolute Gasteiger partial charge is 0.328 e. The molecule has 0 amide bonds. The number of aromatic nitrogens is 2. The number of hydrogen-bond donors (Lipinski definition) is 0. The number of rotatable bonds is 4. The summed E-state index contributed by atoms with van der Waals surface area (Å²) in [6.45, 7) is 4.11. The Labute approximate surface area is 126 Å². The van der Waals surface area contributed by atoms with Crippen molar-refractivity contribution in [1.29, 1.82) is 0 Å². The molecule has 0 saturated heterocycles. The van der Waals surface area contributed by atoms with Gasteiger partial charge in [-0.2, -0.15) is 0 Å². The summed E-state index contributed by atoms with van der Waals surface area (Å²) in [4.78, 5) is 12.2. The van der Waals surface area contributed by atoms with Crippen LogP contribution in [-0.4, -0.2) is 15.7 Å². The highest BCUT2D eigenvalue weighted by atomic mass is 79.9. The molecule has 0 atom stereocenters. The van der Waals surface area contributed by atoms with Crippen LogP contribution in [-0.2, 0) is 19.5 Å². The predicted molar refractivity (Wildman–Crippen MR) is 81.4 cm³/mol. The Kier molecular flexibility index (Phi) is 3.70. The number of nitrogens with zero attached hydrogens (tertiary/aromatic N) is 2. The molecule has 0 bridgehead atoms. The first-order chi connectivity index (χ1) is 9.69. The van der Waals surface area contributed by atoms with Crippen LogP contribution in [0.2, 0.25) is 0 Å². The fourth-order valence-electron chi connectivity index (χ4n) is 2.63. The summed E-state index contributed by atoms with van der Waals surface area (Å²) in [6.07, 6.45) is 5.60. The first kappa shape index (κ1) is 13.5. The lowest BCUT2D eigenvalue weighted by Gasteiger charge is -2.09. The van der Waals surface area contributed by atoms with E-state index in [9.17, 15) is 4.79 Å². The first-order valence-electron chi connectivity index (χ1n) is 6.88. The highest BCUT2D eigenvalue weighted by Gasteiger charge is 2.18. The molecule has 0 N–H and O–H groups in total. The maximum absolute atomic E-state index is 12.2. The molecule has 0 spiro atoms. The van der Waals surface area contributed by atoms with E-state index in [1.807, 2.05) is 18.5 Å².